The molecular weight excluding hydrogens is 264 g/mol. The van der Waals surface area contributed by atoms with Crippen molar-refractivity contribution in [1.82, 2.24) is 9.88 Å². The van der Waals surface area contributed by atoms with Gasteiger partial charge < -0.3 is 15.0 Å². The fourth-order valence-corrected chi connectivity index (χ4v) is 2.31. The molecule has 1 atom stereocenters. The summed E-state index contributed by atoms with van der Waals surface area (Å²) in [5, 5.41) is 11.8. The highest BCUT2D eigenvalue weighted by atomic mass is 16.3. The van der Waals surface area contributed by atoms with E-state index in [2.05, 4.69) is 5.32 Å². The highest BCUT2D eigenvalue weighted by Crippen LogP contribution is 2.08. The normalized spacial score (nSPS) is 12.1. The van der Waals surface area contributed by atoms with Gasteiger partial charge in [0.15, 0.2) is 0 Å². The van der Waals surface area contributed by atoms with Crippen molar-refractivity contribution in [3.05, 3.63) is 59.9 Å². The van der Waals surface area contributed by atoms with Gasteiger partial charge in [-0.1, -0.05) is 30.3 Å². The van der Waals surface area contributed by atoms with E-state index in [-0.39, 0.29) is 18.6 Å². The quantitative estimate of drug-likeness (QED) is 0.821. The number of aliphatic hydroxyl groups excluding tert-OH is 1. The maximum atomic E-state index is 12.3. The van der Waals surface area contributed by atoms with Crippen LogP contribution >= 0.6 is 0 Å². The number of carbonyl (C=O) groups excluding carboxylic acids is 1. The van der Waals surface area contributed by atoms with Gasteiger partial charge in [0.25, 0.3) is 5.91 Å². The first-order chi connectivity index (χ1) is 10.2. The zero-order chi connectivity index (χ0) is 15.1. The Balaban J connectivity index is 2.01. The molecule has 0 spiro atoms. The topological polar surface area (TPSA) is 54.3 Å². The molecule has 0 radical (unpaired) electrons. The smallest absolute Gasteiger partial charge is 0.268 e. The van der Waals surface area contributed by atoms with Gasteiger partial charge in [-0.05, 0) is 37.5 Å². The molecule has 1 aromatic carbocycles. The lowest BCUT2D eigenvalue weighted by Crippen LogP contribution is -2.34. The lowest BCUT2D eigenvalue weighted by atomic mass is 10.2. The van der Waals surface area contributed by atoms with Crippen molar-refractivity contribution in [2.24, 2.45) is 0 Å². The fourth-order valence-electron chi connectivity index (χ4n) is 2.31. The average molecular weight is 286 g/mol. The number of aromatic nitrogens is 1. The molecule has 0 bridgehead atoms. The molecule has 1 unspecified atom stereocenters. The van der Waals surface area contributed by atoms with Crippen LogP contribution in [0.15, 0.2) is 48.7 Å². The Morgan fingerprint density at radius 3 is 2.71 bits per heavy atom. The van der Waals surface area contributed by atoms with E-state index < -0.39 is 0 Å². The minimum atomic E-state index is -0.0682. The van der Waals surface area contributed by atoms with Gasteiger partial charge in [-0.2, -0.15) is 0 Å². The largest absolute Gasteiger partial charge is 0.396 e. The molecule has 112 valence electrons. The summed E-state index contributed by atoms with van der Waals surface area (Å²) in [6, 6.07) is 13.8. The Labute approximate surface area is 125 Å². The van der Waals surface area contributed by atoms with Crippen molar-refractivity contribution >= 4 is 5.91 Å². The predicted molar refractivity (Wildman–Crippen MR) is 83.2 cm³/mol. The summed E-state index contributed by atoms with van der Waals surface area (Å²) in [5.41, 5.74) is 1.82. The van der Waals surface area contributed by atoms with Crippen LogP contribution in [0.2, 0.25) is 0 Å². The Hall–Kier alpha value is -2.07. The molecule has 2 rings (SSSR count). The van der Waals surface area contributed by atoms with Gasteiger partial charge in [0.1, 0.15) is 5.69 Å². The van der Waals surface area contributed by atoms with Gasteiger partial charge in [0, 0.05) is 25.4 Å². The lowest BCUT2D eigenvalue weighted by Gasteiger charge is -2.15. The summed E-state index contributed by atoms with van der Waals surface area (Å²) in [7, 11) is 0. The molecule has 2 N–H and O–H groups in total. The number of hydrogen-bond acceptors (Lipinski definition) is 2. The van der Waals surface area contributed by atoms with E-state index in [9.17, 15) is 4.79 Å². The zero-order valence-corrected chi connectivity index (χ0v) is 12.3. The first-order valence-corrected chi connectivity index (χ1v) is 7.31. The van der Waals surface area contributed by atoms with Gasteiger partial charge in [-0.25, -0.2) is 0 Å². The molecule has 4 heteroatoms. The van der Waals surface area contributed by atoms with Crippen LogP contribution in [0, 0.1) is 0 Å². The van der Waals surface area contributed by atoms with Crippen LogP contribution in [-0.4, -0.2) is 28.2 Å². The molecule has 0 saturated carbocycles. The van der Waals surface area contributed by atoms with Crippen molar-refractivity contribution in [2.45, 2.75) is 32.4 Å². The second-order valence-electron chi connectivity index (χ2n) is 5.25. The molecule has 0 aliphatic rings. The van der Waals surface area contributed by atoms with E-state index in [4.69, 9.17) is 5.11 Å². The molecule has 4 nitrogen and oxygen atoms in total. The molecule has 0 aliphatic carbocycles. The van der Waals surface area contributed by atoms with Crippen LogP contribution < -0.4 is 5.32 Å². The number of amides is 1. The lowest BCUT2D eigenvalue weighted by molar-refractivity contribution is 0.0927. The predicted octanol–water partition coefficient (Wildman–Crippen LogP) is 2.43. The summed E-state index contributed by atoms with van der Waals surface area (Å²) in [5.74, 6) is -0.0682. The molecule has 21 heavy (non-hydrogen) atoms. The maximum absolute atomic E-state index is 12.3. The number of nitrogens with zero attached hydrogens (tertiary/aromatic N) is 1. The van der Waals surface area contributed by atoms with E-state index in [0.29, 0.717) is 18.7 Å². The van der Waals surface area contributed by atoms with Gasteiger partial charge in [-0.3, -0.25) is 4.79 Å². The molecule has 2 aromatic rings. The number of aliphatic hydroxyl groups is 1. The van der Waals surface area contributed by atoms with E-state index >= 15 is 0 Å². The molecule has 0 saturated heterocycles. The number of rotatable bonds is 7. The van der Waals surface area contributed by atoms with E-state index in [1.807, 2.05) is 60.2 Å². The zero-order valence-electron chi connectivity index (χ0n) is 12.3. The molecule has 1 amide bonds. The highest BCUT2D eigenvalue weighted by molar-refractivity contribution is 5.92. The van der Waals surface area contributed by atoms with Gasteiger partial charge in [0.2, 0.25) is 0 Å². The number of carbonyl (C=O) groups is 1. The van der Waals surface area contributed by atoms with E-state index in [1.54, 1.807) is 0 Å². The Morgan fingerprint density at radius 1 is 1.24 bits per heavy atom. The molecule has 0 fully saturated rings. The SMILES string of the molecule is CC(CCCO)NC(=O)c1cccn1Cc1ccccc1. The third kappa shape index (κ3) is 4.46. The summed E-state index contributed by atoms with van der Waals surface area (Å²) in [4.78, 5) is 12.3. The van der Waals surface area contributed by atoms with Crippen LogP contribution in [0.4, 0.5) is 0 Å². The average Bonchev–Trinajstić information content (AvgIpc) is 2.94. The van der Waals surface area contributed by atoms with Crippen LogP contribution in [0.1, 0.15) is 35.8 Å². The second-order valence-corrected chi connectivity index (χ2v) is 5.25. The van der Waals surface area contributed by atoms with Gasteiger partial charge >= 0.3 is 0 Å². The summed E-state index contributed by atoms with van der Waals surface area (Å²) < 4.78 is 1.95. The van der Waals surface area contributed by atoms with Crippen LogP contribution in [0.25, 0.3) is 0 Å². The van der Waals surface area contributed by atoms with Crippen LogP contribution in [0.5, 0.6) is 0 Å². The standard InChI is InChI=1S/C17H22N2O2/c1-14(7-6-12-20)18-17(21)16-10-5-11-19(16)13-15-8-3-2-4-9-15/h2-5,8-11,14,20H,6-7,12-13H2,1H3,(H,18,21). The van der Waals surface area contributed by atoms with Crippen molar-refractivity contribution < 1.29 is 9.90 Å². The Bertz CT molecular complexity index is 563. The number of hydrogen-bond donors (Lipinski definition) is 2. The molecule has 0 aliphatic heterocycles. The number of benzene rings is 1. The third-order valence-corrected chi connectivity index (χ3v) is 3.43. The summed E-state index contributed by atoms with van der Waals surface area (Å²) >= 11 is 0. The molecular formula is C17H22N2O2. The minimum absolute atomic E-state index is 0.0599. The van der Waals surface area contributed by atoms with Crippen molar-refractivity contribution in [3.8, 4) is 0 Å². The van der Waals surface area contributed by atoms with Gasteiger partial charge in [-0.15, -0.1) is 0 Å². The van der Waals surface area contributed by atoms with Crippen molar-refractivity contribution in [2.75, 3.05) is 6.61 Å². The number of nitrogens with one attached hydrogen (secondary N) is 1. The van der Waals surface area contributed by atoms with E-state index in [0.717, 1.165) is 12.0 Å². The second kappa shape index (κ2) is 7.64. The van der Waals surface area contributed by atoms with Gasteiger partial charge in [0.05, 0.1) is 0 Å². The summed E-state index contributed by atoms with van der Waals surface area (Å²) in [6.07, 6.45) is 3.40. The van der Waals surface area contributed by atoms with E-state index in [1.165, 1.54) is 0 Å². The summed E-state index contributed by atoms with van der Waals surface area (Å²) in [6.45, 7) is 2.80. The molecule has 1 aromatic heterocycles. The first-order valence-electron chi connectivity index (χ1n) is 7.31. The third-order valence-electron chi connectivity index (χ3n) is 3.43. The molecule has 1 heterocycles. The Kier molecular flexibility index (Phi) is 5.58. The highest BCUT2D eigenvalue weighted by Gasteiger charge is 2.13. The maximum Gasteiger partial charge on any atom is 0.268 e. The monoisotopic (exact) mass is 286 g/mol. The van der Waals surface area contributed by atoms with Crippen LogP contribution in [-0.2, 0) is 6.54 Å². The van der Waals surface area contributed by atoms with Crippen molar-refractivity contribution in [3.63, 3.8) is 0 Å². The Morgan fingerprint density at radius 2 is 2.00 bits per heavy atom. The van der Waals surface area contributed by atoms with Crippen molar-refractivity contribution in [1.29, 1.82) is 0 Å². The van der Waals surface area contributed by atoms with Crippen LogP contribution in [0.3, 0.4) is 0 Å². The fraction of sp³-hybridized carbons (Fsp3) is 0.353. The first kappa shape index (κ1) is 15.3. The minimum Gasteiger partial charge on any atom is -0.396 e.